The summed E-state index contributed by atoms with van der Waals surface area (Å²) in [5, 5.41) is 13.3. The van der Waals surface area contributed by atoms with Crippen LogP contribution in [0.4, 0.5) is 5.00 Å². The Hall–Kier alpha value is -2.25. The predicted octanol–water partition coefficient (Wildman–Crippen LogP) is 3.55. The summed E-state index contributed by atoms with van der Waals surface area (Å²) < 4.78 is 5.71. The van der Waals surface area contributed by atoms with Gasteiger partial charge >= 0.3 is 5.00 Å². The summed E-state index contributed by atoms with van der Waals surface area (Å²) in [6.45, 7) is 2.98. The Labute approximate surface area is 138 Å². The third-order valence-electron chi connectivity index (χ3n) is 3.24. The highest BCUT2D eigenvalue weighted by Gasteiger charge is 2.14. The monoisotopic (exact) mass is 334 g/mol. The van der Waals surface area contributed by atoms with Crippen molar-refractivity contribution in [2.75, 3.05) is 13.2 Å². The van der Waals surface area contributed by atoms with Crippen LogP contribution in [-0.4, -0.2) is 24.0 Å². The second kappa shape index (κ2) is 8.40. The van der Waals surface area contributed by atoms with Crippen LogP contribution in [0.3, 0.4) is 0 Å². The van der Waals surface area contributed by atoms with Crippen molar-refractivity contribution in [2.45, 2.75) is 19.4 Å². The smallest absolute Gasteiger partial charge is 0.324 e. The van der Waals surface area contributed by atoms with Gasteiger partial charge in [0.25, 0.3) is 5.91 Å². The van der Waals surface area contributed by atoms with Crippen molar-refractivity contribution in [1.82, 2.24) is 5.32 Å². The minimum absolute atomic E-state index is 0.00634. The quantitative estimate of drug-likeness (QED) is 0.455. The molecule has 0 radical (unpaired) electrons. The first-order valence-electron chi connectivity index (χ1n) is 7.27. The Morgan fingerprint density at radius 1 is 1.30 bits per heavy atom. The van der Waals surface area contributed by atoms with Crippen molar-refractivity contribution in [2.24, 2.45) is 0 Å². The number of hydrogen-bond donors (Lipinski definition) is 1. The zero-order valence-corrected chi connectivity index (χ0v) is 13.5. The summed E-state index contributed by atoms with van der Waals surface area (Å²) in [5.74, 6) is -0.292. The van der Waals surface area contributed by atoms with Gasteiger partial charge in [0.1, 0.15) is 0 Å². The normalized spacial score (nSPS) is 11.9. The molecule has 2 rings (SSSR count). The topological polar surface area (TPSA) is 81.5 Å². The molecule has 0 aliphatic heterocycles. The minimum Gasteiger partial charge on any atom is -0.374 e. The van der Waals surface area contributed by atoms with E-state index in [-0.39, 0.29) is 17.0 Å². The third kappa shape index (κ3) is 5.15. The molecule has 1 aromatic heterocycles. The van der Waals surface area contributed by atoms with Crippen LogP contribution in [0.25, 0.3) is 0 Å². The molecule has 0 saturated heterocycles. The van der Waals surface area contributed by atoms with E-state index in [0.29, 0.717) is 24.4 Å². The number of thiophene rings is 1. The van der Waals surface area contributed by atoms with E-state index in [1.807, 2.05) is 37.3 Å². The van der Waals surface area contributed by atoms with Gasteiger partial charge in [-0.15, -0.1) is 0 Å². The van der Waals surface area contributed by atoms with Crippen LogP contribution < -0.4 is 5.32 Å². The van der Waals surface area contributed by atoms with E-state index in [2.05, 4.69) is 5.32 Å². The molecule has 0 unspecified atom stereocenters. The van der Waals surface area contributed by atoms with Gasteiger partial charge in [0.05, 0.1) is 15.9 Å². The van der Waals surface area contributed by atoms with Crippen molar-refractivity contribution in [3.05, 3.63) is 63.0 Å². The molecular formula is C16H18N2O4S. The number of benzene rings is 1. The fourth-order valence-corrected chi connectivity index (χ4v) is 2.73. The van der Waals surface area contributed by atoms with Gasteiger partial charge in [-0.05, 0) is 25.0 Å². The molecule has 0 aliphatic rings. The molecular weight excluding hydrogens is 316 g/mol. The Morgan fingerprint density at radius 2 is 2.04 bits per heavy atom. The number of nitrogens with one attached hydrogen (secondary N) is 1. The first-order chi connectivity index (χ1) is 11.1. The lowest BCUT2D eigenvalue weighted by Gasteiger charge is -2.13. The minimum atomic E-state index is -0.500. The van der Waals surface area contributed by atoms with Gasteiger partial charge in [-0.2, -0.15) is 0 Å². The summed E-state index contributed by atoms with van der Waals surface area (Å²) >= 11 is 0.873. The molecule has 0 saturated carbocycles. The van der Waals surface area contributed by atoms with Gasteiger partial charge in [-0.1, -0.05) is 41.7 Å². The summed E-state index contributed by atoms with van der Waals surface area (Å²) in [5.41, 5.74) is 1.11. The predicted molar refractivity (Wildman–Crippen MR) is 88.7 cm³/mol. The second-order valence-electron chi connectivity index (χ2n) is 4.93. The first-order valence-corrected chi connectivity index (χ1v) is 8.08. The van der Waals surface area contributed by atoms with Crippen molar-refractivity contribution in [1.29, 1.82) is 0 Å². The number of nitro groups is 1. The number of rotatable bonds is 8. The van der Waals surface area contributed by atoms with Crippen LogP contribution in [0.2, 0.25) is 0 Å². The molecule has 122 valence electrons. The van der Waals surface area contributed by atoms with Gasteiger partial charge in [0, 0.05) is 19.2 Å². The maximum Gasteiger partial charge on any atom is 0.324 e. The average Bonchev–Trinajstić information content (AvgIpc) is 3.05. The lowest BCUT2D eigenvalue weighted by atomic mass is 10.1. The molecule has 1 aromatic carbocycles. The summed E-state index contributed by atoms with van der Waals surface area (Å²) in [6, 6.07) is 12.7. The van der Waals surface area contributed by atoms with Crippen molar-refractivity contribution >= 4 is 22.2 Å². The summed E-state index contributed by atoms with van der Waals surface area (Å²) in [7, 11) is 0. The first kappa shape index (κ1) is 17.1. The standard InChI is InChI=1S/C16H18N2O4S/c1-12(13-6-3-2-4-7-13)22-11-5-10-17-16(19)14-8-9-15(23-14)18(20)21/h2-4,6-9,12H,5,10-11H2,1H3,(H,17,19)/t12-/m1/s1. The van der Waals surface area contributed by atoms with E-state index in [9.17, 15) is 14.9 Å². The number of nitrogens with zero attached hydrogens (tertiary/aromatic N) is 1. The molecule has 0 spiro atoms. The third-order valence-corrected chi connectivity index (χ3v) is 4.27. The van der Waals surface area contributed by atoms with Crippen LogP contribution in [0.15, 0.2) is 42.5 Å². The van der Waals surface area contributed by atoms with Crippen LogP contribution >= 0.6 is 11.3 Å². The van der Waals surface area contributed by atoms with Crippen LogP contribution in [0.5, 0.6) is 0 Å². The fraction of sp³-hybridized carbons (Fsp3) is 0.312. The highest BCUT2D eigenvalue weighted by Crippen LogP contribution is 2.23. The Bertz CT molecular complexity index is 657. The van der Waals surface area contributed by atoms with Gasteiger partial charge in [-0.3, -0.25) is 14.9 Å². The largest absolute Gasteiger partial charge is 0.374 e. The van der Waals surface area contributed by atoms with E-state index >= 15 is 0 Å². The van der Waals surface area contributed by atoms with Gasteiger partial charge < -0.3 is 10.1 Å². The molecule has 7 heteroatoms. The molecule has 6 nitrogen and oxygen atoms in total. The van der Waals surface area contributed by atoms with Crippen molar-refractivity contribution < 1.29 is 14.5 Å². The Kier molecular flexibility index (Phi) is 6.25. The van der Waals surface area contributed by atoms with E-state index in [4.69, 9.17) is 4.74 Å². The molecule has 0 aliphatic carbocycles. The van der Waals surface area contributed by atoms with E-state index < -0.39 is 4.92 Å². The average molecular weight is 334 g/mol. The number of ether oxygens (including phenoxy) is 1. The maximum absolute atomic E-state index is 11.8. The maximum atomic E-state index is 11.8. The van der Waals surface area contributed by atoms with Gasteiger partial charge in [-0.25, -0.2) is 0 Å². The highest BCUT2D eigenvalue weighted by atomic mass is 32.1. The lowest BCUT2D eigenvalue weighted by Crippen LogP contribution is -2.24. The molecule has 1 N–H and O–H groups in total. The SMILES string of the molecule is C[C@@H](OCCCNC(=O)c1ccc([N+](=O)[O-])s1)c1ccccc1. The number of carbonyl (C=O) groups is 1. The van der Waals surface area contributed by atoms with E-state index in [0.717, 1.165) is 16.9 Å². The van der Waals surface area contributed by atoms with Crippen LogP contribution in [0.1, 0.15) is 34.7 Å². The van der Waals surface area contributed by atoms with Crippen molar-refractivity contribution in [3.8, 4) is 0 Å². The molecule has 2 aromatic rings. The van der Waals surface area contributed by atoms with Crippen LogP contribution in [0, 0.1) is 10.1 Å². The molecule has 1 atom stereocenters. The number of carbonyl (C=O) groups excluding carboxylic acids is 1. The second-order valence-corrected chi connectivity index (χ2v) is 5.99. The number of hydrogen-bond acceptors (Lipinski definition) is 5. The zero-order valence-electron chi connectivity index (χ0n) is 12.7. The molecule has 1 heterocycles. The van der Waals surface area contributed by atoms with Crippen LogP contribution in [-0.2, 0) is 4.74 Å². The molecule has 23 heavy (non-hydrogen) atoms. The van der Waals surface area contributed by atoms with Gasteiger partial charge in [0.15, 0.2) is 0 Å². The van der Waals surface area contributed by atoms with E-state index in [1.165, 1.54) is 12.1 Å². The molecule has 0 fully saturated rings. The number of amides is 1. The Balaban J connectivity index is 1.67. The molecule has 0 bridgehead atoms. The fourth-order valence-electron chi connectivity index (χ4n) is 1.99. The highest BCUT2D eigenvalue weighted by molar-refractivity contribution is 7.17. The van der Waals surface area contributed by atoms with Gasteiger partial charge in [0.2, 0.25) is 0 Å². The zero-order chi connectivity index (χ0) is 16.7. The molecule has 1 amide bonds. The lowest BCUT2D eigenvalue weighted by molar-refractivity contribution is -0.380. The summed E-state index contributed by atoms with van der Waals surface area (Å²) in [6.07, 6.45) is 0.683. The Morgan fingerprint density at radius 3 is 2.70 bits per heavy atom. The van der Waals surface area contributed by atoms with Crippen molar-refractivity contribution in [3.63, 3.8) is 0 Å². The van der Waals surface area contributed by atoms with E-state index in [1.54, 1.807) is 0 Å². The summed E-state index contributed by atoms with van der Waals surface area (Å²) in [4.78, 5) is 22.3.